The van der Waals surface area contributed by atoms with Gasteiger partial charge in [-0.25, -0.2) is 9.97 Å². The number of hydrogen-bond donors (Lipinski definition) is 4. The number of imidazole rings is 2. The van der Waals surface area contributed by atoms with Gasteiger partial charge in [-0.1, -0.05) is 54.6 Å². The first-order valence-electron chi connectivity index (χ1n) is 16.7. The topological polar surface area (TPSA) is 84.7 Å². The van der Waals surface area contributed by atoms with Gasteiger partial charge in [0.15, 0.2) is 0 Å². The quantitative estimate of drug-likeness (QED) is 0.157. The van der Waals surface area contributed by atoms with E-state index in [1.54, 1.807) is 0 Å². The average Bonchev–Trinajstić information content (AvgIpc) is 3.93. The summed E-state index contributed by atoms with van der Waals surface area (Å²) in [6.45, 7) is 2.13. The highest BCUT2D eigenvalue weighted by molar-refractivity contribution is 5.78. The number of H-pyrrole nitrogens is 2. The number of hydrogen-bond acceptors (Lipinski definition) is 5. The molecule has 4 N–H and O–H groups in total. The first-order valence-corrected chi connectivity index (χ1v) is 16.7. The van der Waals surface area contributed by atoms with Crippen LogP contribution in [0.15, 0.2) is 91.0 Å². The smallest absolute Gasteiger partial charge is 0.124 e. The maximum atomic E-state index is 4.95. The van der Waals surface area contributed by atoms with E-state index in [0.29, 0.717) is 12.1 Å². The van der Waals surface area contributed by atoms with Gasteiger partial charge in [-0.3, -0.25) is 0 Å². The molecule has 2 aromatic heterocycles. The van der Waals surface area contributed by atoms with Gasteiger partial charge in [0, 0.05) is 5.69 Å². The number of anilines is 1. The van der Waals surface area contributed by atoms with E-state index in [2.05, 4.69) is 116 Å². The molecule has 3 aliphatic heterocycles. The molecule has 0 spiro atoms. The van der Waals surface area contributed by atoms with Crippen molar-refractivity contribution in [3.05, 3.63) is 114 Å². The van der Waals surface area contributed by atoms with Gasteiger partial charge in [0.2, 0.25) is 0 Å². The van der Waals surface area contributed by atoms with Gasteiger partial charge < -0.3 is 25.5 Å². The number of aromatic nitrogens is 4. The second kappa shape index (κ2) is 11.2. The van der Waals surface area contributed by atoms with Crippen LogP contribution in [-0.2, 0) is 0 Å². The van der Waals surface area contributed by atoms with Gasteiger partial charge in [-0.15, -0.1) is 0 Å². The first kappa shape index (κ1) is 26.9. The fourth-order valence-electron chi connectivity index (χ4n) is 7.96. The number of nitrogens with zero attached hydrogens (tertiary/aromatic N) is 3. The Kier molecular flexibility index (Phi) is 6.67. The summed E-state index contributed by atoms with van der Waals surface area (Å²) in [5, 5.41) is 7.18. The summed E-state index contributed by atoms with van der Waals surface area (Å²) in [4.78, 5) is 19.9. The van der Waals surface area contributed by atoms with Crippen LogP contribution < -0.4 is 15.5 Å². The molecule has 0 bridgehead atoms. The van der Waals surface area contributed by atoms with Crippen LogP contribution in [-0.4, -0.2) is 33.0 Å². The molecule has 226 valence electrons. The van der Waals surface area contributed by atoms with Crippen molar-refractivity contribution in [2.75, 3.05) is 18.0 Å². The minimum Gasteiger partial charge on any atom is -0.357 e. The van der Waals surface area contributed by atoms with Gasteiger partial charge >= 0.3 is 0 Å². The molecule has 45 heavy (non-hydrogen) atoms. The second-order valence-electron chi connectivity index (χ2n) is 13.0. The largest absolute Gasteiger partial charge is 0.357 e. The Hall–Kier alpha value is -4.46. The van der Waals surface area contributed by atoms with Crippen molar-refractivity contribution in [1.82, 2.24) is 30.6 Å². The van der Waals surface area contributed by atoms with Crippen molar-refractivity contribution in [1.29, 1.82) is 0 Å². The highest BCUT2D eigenvalue weighted by Gasteiger charge is 2.36. The third kappa shape index (κ3) is 4.91. The lowest BCUT2D eigenvalue weighted by Crippen LogP contribution is -2.26. The Morgan fingerprint density at radius 2 is 1.09 bits per heavy atom. The van der Waals surface area contributed by atoms with Gasteiger partial charge in [0.25, 0.3) is 0 Å². The predicted molar refractivity (Wildman–Crippen MR) is 181 cm³/mol. The number of benzene rings is 4. The SMILES string of the molecule is c1ccc(-c2ccc(N3[C@@H](c4ccc5nc([C@@H]6CCCN6)[nH]c5c4)CC[C@@H]3c3ccc4nc([C@@H]5CCCN5)[nH]c4c3)cc2)cc1. The lowest BCUT2D eigenvalue weighted by Gasteiger charge is -2.33. The van der Waals surface area contributed by atoms with Crippen LogP contribution in [0.3, 0.4) is 0 Å². The van der Waals surface area contributed by atoms with Gasteiger partial charge in [-0.05, 0) is 110 Å². The maximum Gasteiger partial charge on any atom is 0.124 e. The minimum absolute atomic E-state index is 0.258. The molecular weight excluding hydrogens is 554 g/mol. The van der Waals surface area contributed by atoms with Crippen LogP contribution in [0.4, 0.5) is 5.69 Å². The molecule has 9 rings (SSSR count). The van der Waals surface area contributed by atoms with E-state index in [-0.39, 0.29) is 12.1 Å². The summed E-state index contributed by atoms with van der Waals surface area (Å²) < 4.78 is 0. The van der Waals surface area contributed by atoms with E-state index < -0.39 is 0 Å². The van der Waals surface area contributed by atoms with Crippen molar-refractivity contribution in [3.63, 3.8) is 0 Å². The van der Waals surface area contributed by atoms with Gasteiger partial charge in [0.1, 0.15) is 11.6 Å². The van der Waals surface area contributed by atoms with Crippen LogP contribution in [0, 0.1) is 0 Å². The molecule has 3 aliphatic rings. The summed E-state index contributed by atoms with van der Waals surface area (Å²) >= 11 is 0. The summed E-state index contributed by atoms with van der Waals surface area (Å²) in [6, 6.07) is 34.7. The highest BCUT2D eigenvalue weighted by Crippen LogP contribution is 2.48. The average molecular weight is 594 g/mol. The lowest BCUT2D eigenvalue weighted by atomic mass is 10.0. The van der Waals surface area contributed by atoms with E-state index in [1.807, 2.05) is 0 Å². The number of fused-ring (bicyclic) bond motifs is 2. The summed E-state index contributed by atoms with van der Waals surface area (Å²) in [7, 11) is 0. The second-order valence-corrected chi connectivity index (χ2v) is 13.0. The minimum atomic E-state index is 0.258. The third-order valence-corrected chi connectivity index (χ3v) is 10.3. The van der Waals surface area contributed by atoms with Crippen LogP contribution in [0.2, 0.25) is 0 Å². The molecule has 3 saturated heterocycles. The van der Waals surface area contributed by atoms with E-state index in [9.17, 15) is 0 Å². The molecule has 6 aromatic rings. The number of nitrogens with one attached hydrogen (secondary N) is 4. The third-order valence-electron chi connectivity index (χ3n) is 10.3. The molecule has 0 saturated carbocycles. The first-order chi connectivity index (χ1) is 22.3. The zero-order valence-corrected chi connectivity index (χ0v) is 25.5. The van der Waals surface area contributed by atoms with Crippen LogP contribution in [0.5, 0.6) is 0 Å². The molecule has 0 unspecified atom stereocenters. The van der Waals surface area contributed by atoms with Crippen LogP contribution in [0.25, 0.3) is 33.2 Å². The van der Waals surface area contributed by atoms with E-state index in [0.717, 1.165) is 72.5 Å². The number of aromatic amines is 2. The standard InChI is InChI=1S/C38H39N7/c1-2-6-24(7-3-1)25-10-14-28(15-11-25)45-35(26-12-16-29-33(22-26)43-37(41-29)31-8-4-20-39-31)18-19-36(45)27-13-17-30-34(23-27)44-38(42-30)32-9-5-21-40-32/h1-3,6-7,10-17,22-23,31-32,35-36,39-40H,4-5,8-9,18-21H2,(H,41,43)(H,42,44)/t31-,32-,35+,36+/m0/s1. The van der Waals surface area contributed by atoms with E-state index in [1.165, 1.54) is 40.8 Å². The van der Waals surface area contributed by atoms with Crippen molar-refractivity contribution >= 4 is 27.8 Å². The zero-order valence-electron chi connectivity index (χ0n) is 25.5. The lowest BCUT2D eigenvalue weighted by molar-refractivity contribution is 0.614. The molecule has 7 heteroatoms. The van der Waals surface area contributed by atoms with Crippen molar-refractivity contribution in [2.24, 2.45) is 0 Å². The fraction of sp³-hybridized carbons (Fsp3) is 0.316. The van der Waals surface area contributed by atoms with Crippen molar-refractivity contribution in [2.45, 2.75) is 62.7 Å². The maximum absolute atomic E-state index is 4.95. The Balaban J connectivity index is 1.09. The molecule has 7 nitrogen and oxygen atoms in total. The molecular formula is C38H39N7. The predicted octanol–water partition coefficient (Wildman–Crippen LogP) is 8.04. The summed E-state index contributed by atoms with van der Waals surface area (Å²) in [5.74, 6) is 2.13. The van der Waals surface area contributed by atoms with Crippen LogP contribution >= 0.6 is 0 Å². The zero-order chi connectivity index (χ0) is 29.7. The van der Waals surface area contributed by atoms with E-state index >= 15 is 0 Å². The Morgan fingerprint density at radius 1 is 0.556 bits per heavy atom. The number of rotatable bonds is 6. The molecule has 4 aromatic carbocycles. The van der Waals surface area contributed by atoms with Crippen molar-refractivity contribution in [3.8, 4) is 11.1 Å². The molecule has 4 atom stereocenters. The Labute approximate surface area is 263 Å². The summed E-state index contributed by atoms with van der Waals surface area (Å²) in [6.07, 6.45) is 6.86. The monoisotopic (exact) mass is 593 g/mol. The molecule has 5 heterocycles. The normalized spacial score (nSPS) is 23.5. The Bertz CT molecular complexity index is 1840. The Morgan fingerprint density at radius 3 is 1.60 bits per heavy atom. The fourth-order valence-corrected chi connectivity index (χ4v) is 7.96. The molecule has 0 radical (unpaired) electrons. The highest BCUT2D eigenvalue weighted by atomic mass is 15.2. The van der Waals surface area contributed by atoms with Crippen LogP contribution in [0.1, 0.15) is 85.5 Å². The van der Waals surface area contributed by atoms with Crippen molar-refractivity contribution < 1.29 is 0 Å². The van der Waals surface area contributed by atoms with Gasteiger partial charge in [-0.2, -0.15) is 0 Å². The van der Waals surface area contributed by atoms with Gasteiger partial charge in [0.05, 0.1) is 46.2 Å². The van der Waals surface area contributed by atoms with E-state index in [4.69, 9.17) is 9.97 Å². The molecule has 3 fully saturated rings. The molecule has 0 aliphatic carbocycles. The molecule has 0 amide bonds. The summed E-state index contributed by atoms with van der Waals surface area (Å²) in [5.41, 5.74) is 10.8.